The first-order chi connectivity index (χ1) is 13.5. The molecule has 2 aromatic heterocycles. The van der Waals surface area contributed by atoms with Crippen molar-refractivity contribution in [2.24, 2.45) is 0 Å². The quantitative estimate of drug-likeness (QED) is 0.706. The fourth-order valence-corrected chi connectivity index (χ4v) is 4.88. The third kappa shape index (κ3) is 3.74. The van der Waals surface area contributed by atoms with E-state index in [1.54, 1.807) is 0 Å². The van der Waals surface area contributed by atoms with E-state index in [2.05, 4.69) is 46.4 Å². The summed E-state index contributed by atoms with van der Waals surface area (Å²) in [5.41, 5.74) is 3.30. The molecule has 146 valence electrons. The summed E-state index contributed by atoms with van der Waals surface area (Å²) in [6.45, 7) is 8.58. The lowest BCUT2D eigenvalue weighted by Gasteiger charge is -2.28. The number of thiophene rings is 1. The van der Waals surface area contributed by atoms with E-state index in [1.807, 2.05) is 13.8 Å². The van der Waals surface area contributed by atoms with Crippen molar-refractivity contribution >= 4 is 33.3 Å². The second-order valence-corrected chi connectivity index (χ2v) is 8.55. The highest BCUT2D eigenvalue weighted by Crippen LogP contribution is 2.36. The molecule has 1 aliphatic heterocycles. The van der Waals surface area contributed by atoms with Crippen LogP contribution in [-0.4, -0.2) is 29.0 Å². The molecule has 0 saturated carbocycles. The zero-order chi connectivity index (χ0) is 19.7. The first kappa shape index (κ1) is 18.9. The van der Waals surface area contributed by atoms with Gasteiger partial charge in [0.15, 0.2) is 0 Å². The minimum atomic E-state index is -0.0386. The number of carbonyl (C=O) groups excluding carboxylic acids is 1. The SMILES string of the molecule is Cc1ccc(CNC(=O)c2sc3nc(C)nc(N4CCCCC4)c3c2C)cc1. The Kier molecular flexibility index (Phi) is 5.31. The molecule has 5 nitrogen and oxygen atoms in total. The van der Waals surface area contributed by atoms with Gasteiger partial charge in [0.2, 0.25) is 0 Å². The van der Waals surface area contributed by atoms with Crippen molar-refractivity contribution in [3.63, 3.8) is 0 Å². The first-order valence-corrected chi connectivity index (χ1v) is 10.7. The summed E-state index contributed by atoms with van der Waals surface area (Å²) >= 11 is 1.47. The summed E-state index contributed by atoms with van der Waals surface area (Å²) in [6, 6.07) is 8.23. The van der Waals surface area contributed by atoms with E-state index in [0.29, 0.717) is 6.54 Å². The normalized spacial score (nSPS) is 14.5. The maximum atomic E-state index is 12.9. The molecule has 3 heterocycles. The van der Waals surface area contributed by atoms with Crippen LogP contribution in [0.25, 0.3) is 10.2 Å². The lowest BCUT2D eigenvalue weighted by molar-refractivity contribution is 0.0954. The molecule has 0 atom stereocenters. The molecule has 4 rings (SSSR count). The third-order valence-electron chi connectivity index (χ3n) is 5.32. The monoisotopic (exact) mass is 394 g/mol. The van der Waals surface area contributed by atoms with Crippen molar-refractivity contribution in [3.8, 4) is 0 Å². The molecule has 1 N–H and O–H groups in total. The number of hydrogen-bond donors (Lipinski definition) is 1. The van der Waals surface area contributed by atoms with Crippen LogP contribution < -0.4 is 10.2 Å². The maximum Gasteiger partial charge on any atom is 0.261 e. The molecule has 28 heavy (non-hydrogen) atoms. The number of nitrogens with one attached hydrogen (secondary N) is 1. The van der Waals surface area contributed by atoms with Gasteiger partial charge in [-0.3, -0.25) is 4.79 Å². The van der Waals surface area contributed by atoms with Crippen molar-refractivity contribution in [1.82, 2.24) is 15.3 Å². The number of hydrogen-bond acceptors (Lipinski definition) is 5. The largest absolute Gasteiger partial charge is 0.356 e. The van der Waals surface area contributed by atoms with Crippen LogP contribution >= 0.6 is 11.3 Å². The van der Waals surface area contributed by atoms with Crippen LogP contribution in [0.1, 0.15) is 51.4 Å². The van der Waals surface area contributed by atoms with Crippen molar-refractivity contribution in [3.05, 3.63) is 51.7 Å². The summed E-state index contributed by atoms with van der Waals surface area (Å²) in [7, 11) is 0. The number of rotatable bonds is 4. The highest BCUT2D eigenvalue weighted by molar-refractivity contribution is 7.20. The molecule has 3 aromatic rings. The Balaban J connectivity index is 1.63. The van der Waals surface area contributed by atoms with Crippen LogP contribution in [0.2, 0.25) is 0 Å². The van der Waals surface area contributed by atoms with Gasteiger partial charge in [0.25, 0.3) is 5.91 Å². The summed E-state index contributed by atoms with van der Waals surface area (Å²) < 4.78 is 0. The number of carbonyl (C=O) groups is 1. The number of benzene rings is 1. The molecule has 0 spiro atoms. The molecule has 1 aromatic carbocycles. The van der Waals surface area contributed by atoms with Gasteiger partial charge in [0, 0.05) is 19.6 Å². The molecule has 0 radical (unpaired) electrons. The lowest BCUT2D eigenvalue weighted by Crippen LogP contribution is -2.30. The molecular formula is C22H26N4OS. The van der Waals surface area contributed by atoms with Gasteiger partial charge >= 0.3 is 0 Å². The Morgan fingerprint density at radius 2 is 1.79 bits per heavy atom. The van der Waals surface area contributed by atoms with Gasteiger partial charge in [-0.2, -0.15) is 0 Å². The minimum absolute atomic E-state index is 0.0386. The zero-order valence-corrected chi connectivity index (χ0v) is 17.5. The molecule has 1 aliphatic rings. The van der Waals surface area contributed by atoms with Crippen molar-refractivity contribution in [1.29, 1.82) is 0 Å². The number of nitrogens with zero attached hydrogens (tertiary/aromatic N) is 3. The fourth-order valence-electron chi connectivity index (χ4n) is 3.74. The topological polar surface area (TPSA) is 58.1 Å². The molecule has 0 aliphatic carbocycles. The van der Waals surface area contributed by atoms with Gasteiger partial charge in [0.05, 0.1) is 10.3 Å². The van der Waals surface area contributed by atoms with Crippen LogP contribution in [-0.2, 0) is 6.54 Å². The Morgan fingerprint density at radius 3 is 2.50 bits per heavy atom. The van der Waals surface area contributed by atoms with E-state index in [1.165, 1.54) is 36.2 Å². The van der Waals surface area contributed by atoms with Crippen molar-refractivity contribution in [2.45, 2.75) is 46.6 Å². The molecular weight excluding hydrogens is 368 g/mol. The van der Waals surface area contributed by atoms with Crippen LogP contribution in [0.5, 0.6) is 0 Å². The summed E-state index contributed by atoms with van der Waals surface area (Å²) in [5, 5.41) is 4.10. The molecule has 0 bridgehead atoms. The fraction of sp³-hybridized carbons (Fsp3) is 0.409. The summed E-state index contributed by atoms with van der Waals surface area (Å²) in [6.07, 6.45) is 3.66. The van der Waals surface area contributed by atoms with E-state index < -0.39 is 0 Å². The van der Waals surface area contributed by atoms with Crippen molar-refractivity contribution in [2.75, 3.05) is 18.0 Å². The first-order valence-electron chi connectivity index (χ1n) is 9.89. The lowest BCUT2D eigenvalue weighted by atomic mass is 10.1. The average Bonchev–Trinajstić information content (AvgIpc) is 3.03. The number of fused-ring (bicyclic) bond motifs is 1. The van der Waals surface area contributed by atoms with E-state index in [4.69, 9.17) is 4.98 Å². The van der Waals surface area contributed by atoms with Gasteiger partial charge in [0.1, 0.15) is 16.5 Å². The van der Waals surface area contributed by atoms with Crippen LogP contribution in [0.15, 0.2) is 24.3 Å². The van der Waals surface area contributed by atoms with Gasteiger partial charge < -0.3 is 10.2 Å². The van der Waals surface area contributed by atoms with Gasteiger partial charge in [-0.05, 0) is 51.2 Å². The van der Waals surface area contributed by atoms with E-state index in [0.717, 1.165) is 51.0 Å². The van der Waals surface area contributed by atoms with Gasteiger partial charge in [-0.15, -0.1) is 11.3 Å². The number of anilines is 1. The highest BCUT2D eigenvalue weighted by atomic mass is 32.1. The molecule has 1 amide bonds. The summed E-state index contributed by atoms with van der Waals surface area (Å²) in [5.74, 6) is 1.72. The Morgan fingerprint density at radius 1 is 1.07 bits per heavy atom. The van der Waals surface area contributed by atoms with E-state index in [9.17, 15) is 4.79 Å². The van der Waals surface area contributed by atoms with Gasteiger partial charge in [-0.25, -0.2) is 9.97 Å². The molecule has 0 unspecified atom stereocenters. The van der Waals surface area contributed by atoms with Crippen molar-refractivity contribution < 1.29 is 4.79 Å². The standard InChI is InChI=1S/C22H26N4OS/c1-14-7-9-17(10-8-14)13-23-21(27)19-15(2)18-20(26-11-5-4-6-12-26)24-16(3)25-22(18)28-19/h7-10H,4-6,11-13H2,1-3H3,(H,23,27). The smallest absolute Gasteiger partial charge is 0.261 e. The van der Waals surface area contributed by atoms with Crippen LogP contribution in [0, 0.1) is 20.8 Å². The summed E-state index contributed by atoms with van der Waals surface area (Å²) in [4.78, 5) is 26.3. The average molecular weight is 395 g/mol. The number of amides is 1. The minimum Gasteiger partial charge on any atom is -0.356 e. The zero-order valence-electron chi connectivity index (χ0n) is 16.7. The Labute approximate surface area is 169 Å². The van der Waals surface area contributed by atoms with Crippen LogP contribution in [0.3, 0.4) is 0 Å². The predicted octanol–water partition coefficient (Wildman–Crippen LogP) is 4.54. The van der Waals surface area contributed by atoms with E-state index in [-0.39, 0.29) is 5.91 Å². The third-order valence-corrected chi connectivity index (χ3v) is 6.50. The van der Waals surface area contributed by atoms with Crippen LogP contribution in [0.4, 0.5) is 5.82 Å². The Bertz CT molecular complexity index is 1000. The number of aryl methyl sites for hydroxylation is 3. The molecule has 6 heteroatoms. The van der Waals surface area contributed by atoms with E-state index >= 15 is 0 Å². The maximum absolute atomic E-state index is 12.9. The second kappa shape index (κ2) is 7.87. The second-order valence-electron chi connectivity index (χ2n) is 7.55. The number of aromatic nitrogens is 2. The predicted molar refractivity (Wildman–Crippen MR) is 115 cm³/mol. The number of piperidine rings is 1. The highest BCUT2D eigenvalue weighted by Gasteiger charge is 2.23. The molecule has 1 saturated heterocycles. The molecule has 1 fully saturated rings. The van der Waals surface area contributed by atoms with Gasteiger partial charge in [-0.1, -0.05) is 29.8 Å². The Hall–Kier alpha value is -2.47.